The summed E-state index contributed by atoms with van der Waals surface area (Å²) in [5.41, 5.74) is 2.91. The van der Waals surface area contributed by atoms with Gasteiger partial charge in [-0.05, 0) is 36.1 Å². The predicted octanol–water partition coefficient (Wildman–Crippen LogP) is 3.06. The molecule has 2 saturated heterocycles. The summed E-state index contributed by atoms with van der Waals surface area (Å²) in [4.78, 5) is 29.5. The first-order valence-corrected chi connectivity index (χ1v) is 10.0. The number of piperidine rings is 1. The van der Waals surface area contributed by atoms with Crippen molar-refractivity contribution in [1.29, 1.82) is 0 Å². The van der Waals surface area contributed by atoms with Crippen LogP contribution in [0.5, 0.6) is 0 Å². The van der Waals surface area contributed by atoms with Gasteiger partial charge in [-0.1, -0.05) is 42.5 Å². The molecule has 0 N–H and O–H groups in total. The van der Waals surface area contributed by atoms with Gasteiger partial charge in [-0.15, -0.1) is 0 Å². The van der Waals surface area contributed by atoms with Crippen LogP contribution < -0.4 is 0 Å². The van der Waals surface area contributed by atoms with Crippen LogP contribution >= 0.6 is 0 Å². The SMILES string of the molecule is O=C(c1ccc(-c2ccccc2)cc1)N1CCCC(C(=O)N2CCOCC2)C1. The molecule has 2 aromatic rings. The van der Waals surface area contributed by atoms with Gasteiger partial charge >= 0.3 is 0 Å². The van der Waals surface area contributed by atoms with E-state index in [1.54, 1.807) is 0 Å². The van der Waals surface area contributed by atoms with E-state index in [0.717, 1.165) is 24.0 Å². The fourth-order valence-electron chi connectivity index (χ4n) is 4.02. The van der Waals surface area contributed by atoms with E-state index in [2.05, 4.69) is 12.1 Å². The molecule has 2 aromatic carbocycles. The Morgan fingerprint density at radius 3 is 2.21 bits per heavy atom. The maximum atomic E-state index is 13.0. The third-order valence-electron chi connectivity index (χ3n) is 5.62. The number of carbonyl (C=O) groups is 2. The molecule has 2 heterocycles. The monoisotopic (exact) mass is 378 g/mol. The van der Waals surface area contributed by atoms with Crippen LogP contribution in [0.25, 0.3) is 11.1 Å². The number of rotatable bonds is 3. The molecule has 0 aromatic heterocycles. The van der Waals surface area contributed by atoms with Crippen molar-refractivity contribution in [2.45, 2.75) is 12.8 Å². The second-order valence-corrected chi connectivity index (χ2v) is 7.47. The topological polar surface area (TPSA) is 49.9 Å². The summed E-state index contributed by atoms with van der Waals surface area (Å²) in [7, 11) is 0. The summed E-state index contributed by atoms with van der Waals surface area (Å²) < 4.78 is 5.34. The fraction of sp³-hybridized carbons (Fsp3) is 0.391. The largest absolute Gasteiger partial charge is 0.378 e. The number of likely N-dealkylation sites (tertiary alicyclic amines) is 1. The molecule has 28 heavy (non-hydrogen) atoms. The summed E-state index contributed by atoms with van der Waals surface area (Å²) in [5, 5.41) is 0. The normalized spacial score (nSPS) is 20.1. The van der Waals surface area contributed by atoms with Gasteiger partial charge in [-0.2, -0.15) is 0 Å². The van der Waals surface area contributed by atoms with E-state index >= 15 is 0 Å². The van der Waals surface area contributed by atoms with Gasteiger partial charge in [0.1, 0.15) is 0 Å². The quantitative estimate of drug-likeness (QED) is 0.825. The molecule has 5 heteroatoms. The molecule has 0 aliphatic carbocycles. The van der Waals surface area contributed by atoms with Crippen molar-refractivity contribution < 1.29 is 14.3 Å². The van der Waals surface area contributed by atoms with E-state index in [1.165, 1.54) is 0 Å². The van der Waals surface area contributed by atoms with Gasteiger partial charge in [-0.3, -0.25) is 9.59 Å². The lowest BCUT2D eigenvalue weighted by molar-refractivity contribution is -0.141. The van der Waals surface area contributed by atoms with Gasteiger partial charge in [0, 0.05) is 31.7 Å². The van der Waals surface area contributed by atoms with Crippen molar-refractivity contribution in [1.82, 2.24) is 9.80 Å². The molecule has 0 spiro atoms. The van der Waals surface area contributed by atoms with E-state index in [1.807, 2.05) is 52.3 Å². The summed E-state index contributed by atoms with van der Waals surface area (Å²) in [6.45, 7) is 3.75. The number of amides is 2. The Morgan fingerprint density at radius 1 is 0.821 bits per heavy atom. The summed E-state index contributed by atoms with van der Waals surface area (Å²) >= 11 is 0. The number of nitrogens with zero attached hydrogens (tertiary/aromatic N) is 2. The van der Waals surface area contributed by atoms with Gasteiger partial charge in [0.2, 0.25) is 5.91 Å². The summed E-state index contributed by atoms with van der Waals surface area (Å²) in [6, 6.07) is 17.9. The van der Waals surface area contributed by atoms with Crippen LogP contribution in [0.3, 0.4) is 0 Å². The zero-order valence-electron chi connectivity index (χ0n) is 16.0. The smallest absolute Gasteiger partial charge is 0.253 e. The van der Waals surface area contributed by atoms with Crippen molar-refractivity contribution in [3.63, 3.8) is 0 Å². The molecular weight excluding hydrogens is 352 g/mol. The van der Waals surface area contributed by atoms with E-state index in [-0.39, 0.29) is 17.7 Å². The molecule has 1 atom stereocenters. The highest BCUT2D eigenvalue weighted by atomic mass is 16.5. The number of carbonyl (C=O) groups excluding carboxylic acids is 2. The first kappa shape index (κ1) is 18.7. The van der Waals surface area contributed by atoms with E-state index in [9.17, 15) is 9.59 Å². The van der Waals surface area contributed by atoms with Gasteiger partial charge in [0.25, 0.3) is 5.91 Å². The zero-order chi connectivity index (χ0) is 19.3. The fourth-order valence-corrected chi connectivity index (χ4v) is 4.02. The van der Waals surface area contributed by atoms with Crippen LogP contribution in [-0.2, 0) is 9.53 Å². The molecule has 0 bridgehead atoms. The van der Waals surface area contributed by atoms with Gasteiger partial charge in [0.05, 0.1) is 19.1 Å². The summed E-state index contributed by atoms with van der Waals surface area (Å²) in [6.07, 6.45) is 1.72. The zero-order valence-corrected chi connectivity index (χ0v) is 16.0. The number of hydrogen-bond acceptors (Lipinski definition) is 3. The Balaban J connectivity index is 1.42. The van der Waals surface area contributed by atoms with Crippen molar-refractivity contribution in [2.24, 2.45) is 5.92 Å². The van der Waals surface area contributed by atoms with Gasteiger partial charge < -0.3 is 14.5 Å². The predicted molar refractivity (Wildman–Crippen MR) is 108 cm³/mol. The average molecular weight is 378 g/mol. The first-order chi connectivity index (χ1) is 13.7. The molecular formula is C23H26N2O3. The lowest BCUT2D eigenvalue weighted by Crippen LogP contribution is -2.49. The molecule has 2 amide bonds. The molecule has 146 valence electrons. The van der Waals surface area contributed by atoms with Crippen LogP contribution in [0.1, 0.15) is 23.2 Å². The van der Waals surface area contributed by atoms with Gasteiger partial charge in [-0.25, -0.2) is 0 Å². The molecule has 2 aliphatic rings. The van der Waals surface area contributed by atoms with Crippen molar-refractivity contribution in [2.75, 3.05) is 39.4 Å². The van der Waals surface area contributed by atoms with Crippen LogP contribution in [-0.4, -0.2) is 61.0 Å². The maximum absolute atomic E-state index is 13.0. The lowest BCUT2D eigenvalue weighted by atomic mass is 9.95. The molecule has 2 fully saturated rings. The van der Waals surface area contributed by atoms with Gasteiger partial charge in [0.15, 0.2) is 0 Å². The molecule has 4 rings (SSSR count). The highest BCUT2D eigenvalue weighted by Crippen LogP contribution is 2.23. The van der Waals surface area contributed by atoms with Crippen LogP contribution in [0.4, 0.5) is 0 Å². The Morgan fingerprint density at radius 2 is 1.50 bits per heavy atom. The van der Waals surface area contributed by atoms with Crippen LogP contribution in [0.2, 0.25) is 0 Å². The number of morpholine rings is 1. The standard InChI is InChI=1S/C23H26N2O3/c26-22(20-10-8-19(9-11-20)18-5-2-1-3-6-18)25-12-4-7-21(17-25)23(27)24-13-15-28-16-14-24/h1-3,5-6,8-11,21H,4,7,12-17H2. The second kappa shape index (κ2) is 8.57. The number of ether oxygens (including phenoxy) is 1. The minimum atomic E-state index is -0.0978. The van der Waals surface area contributed by atoms with Crippen LogP contribution in [0.15, 0.2) is 54.6 Å². The Hall–Kier alpha value is -2.66. The Kier molecular flexibility index (Phi) is 5.72. The first-order valence-electron chi connectivity index (χ1n) is 10.0. The average Bonchev–Trinajstić information content (AvgIpc) is 2.79. The lowest BCUT2D eigenvalue weighted by Gasteiger charge is -2.36. The maximum Gasteiger partial charge on any atom is 0.253 e. The van der Waals surface area contributed by atoms with Crippen molar-refractivity contribution in [3.8, 4) is 11.1 Å². The molecule has 5 nitrogen and oxygen atoms in total. The summed E-state index contributed by atoms with van der Waals surface area (Å²) in [5.74, 6) is 0.0821. The second-order valence-electron chi connectivity index (χ2n) is 7.47. The van der Waals surface area contributed by atoms with Crippen molar-refractivity contribution in [3.05, 3.63) is 60.2 Å². The minimum Gasteiger partial charge on any atom is -0.378 e. The van der Waals surface area contributed by atoms with Crippen LogP contribution in [0, 0.1) is 5.92 Å². The van der Waals surface area contributed by atoms with E-state index < -0.39 is 0 Å². The highest BCUT2D eigenvalue weighted by molar-refractivity contribution is 5.95. The van der Waals surface area contributed by atoms with E-state index in [0.29, 0.717) is 45.0 Å². The minimum absolute atomic E-state index is 0.0130. The molecule has 0 radical (unpaired) electrons. The Labute approximate surface area is 165 Å². The third-order valence-corrected chi connectivity index (χ3v) is 5.62. The highest BCUT2D eigenvalue weighted by Gasteiger charge is 2.32. The Bertz CT molecular complexity index is 814. The number of benzene rings is 2. The molecule has 0 saturated carbocycles. The van der Waals surface area contributed by atoms with E-state index in [4.69, 9.17) is 4.74 Å². The van der Waals surface area contributed by atoms with Crippen molar-refractivity contribution >= 4 is 11.8 Å². The molecule has 1 unspecified atom stereocenters. The molecule has 2 aliphatic heterocycles. The number of hydrogen-bond donors (Lipinski definition) is 0. The third kappa shape index (κ3) is 4.09.